The summed E-state index contributed by atoms with van der Waals surface area (Å²) in [6.45, 7) is 2.38. The van der Waals surface area contributed by atoms with Gasteiger partial charge in [-0.05, 0) is 25.7 Å². The number of carbonyl (C=O) groups excluding carboxylic acids is 1. The summed E-state index contributed by atoms with van der Waals surface area (Å²) in [5.74, 6) is -1.01. The molecule has 0 aliphatic carbocycles. The van der Waals surface area contributed by atoms with E-state index in [0.717, 1.165) is 19.3 Å². The number of amides is 2. The maximum Gasteiger partial charge on any atom is 0.326 e. The predicted octanol–water partition coefficient (Wildman–Crippen LogP) is 0.796. The number of hydrogen-bond acceptors (Lipinski definition) is 3. The Kier molecular flexibility index (Phi) is 5.91. The molecule has 104 valence electrons. The fourth-order valence-electron chi connectivity index (χ4n) is 2.24. The molecule has 0 saturated carbocycles. The van der Waals surface area contributed by atoms with Crippen LogP contribution in [0, 0.1) is 0 Å². The summed E-state index contributed by atoms with van der Waals surface area (Å²) in [5.41, 5.74) is 0. The Labute approximate surface area is 107 Å². The van der Waals surface area contributed by atoms with Crippen molar-refractivity contribution in [2.75, 3.05) is 13.2 Å². The minimum absolute atomic E-state index is 0.0705. The van der Waals surface area contributed by atoms with Crippen LogP contribution in [0.2, 0.25) is 0 Å². The van der Waals surface area contributed by atoms with E-state index in [1.54, 1.807) is 4.90 Å². The third kappa shape index (κ3) is 3.87. The molecule has 1 unspecified atom stereocenters. The van der Waals surface area contributed by atoms with Crippen LogP contribution in [0.3, 0.4) is 0 Å². The number of aliphatic hydroxyl groups excluding tert-OH is 1. The van der Waals surface area contributed by atoms with E-state index in [2.05, 4.69) is 5.32 Å². The van der Waals surface area contributed by atoms with E-state index in [4.69, 9.17) is 5.11 Å². The normalized spacial score (nSPS) is 21.4. The van der Waals surface area contributed by atoms with Gasteiger partial charge >= 0.3 is 12.0 Å². The van der Waals surface area contributed by atoms with Crippen molar-refractivity contribution in [1.29, 1.82) is 0 Å². The molecule has 1 aliphatic heterocycles. The van der Waals surface area contributed by atoms with Crippen molar-refractivity contribution in [2.24, 2.45) is 0 Å². The highest BCUT2D eigenvalue weighted by molar-refractivity contribution is 5.82. The number of carboxylic acids is 1. The van der Waals surface area contributed by atoms with Crippen LogP contribution in [0.15, 0.2) is 0 Å². The van der Waals surface area contributed by atoms with Gasteiger partial charge < -0.3 is 20.4 Å². The van der Waals surface area contributed by atoms with Crippen molar-refractivity contribution in [3.63, 3.8) is 0 Å². The number of piperidine rings is 1. The van der Waals surface area contributed by atoms with E-state index in [9.17, 15) is 14.7 Å². The number of carbonyl (C=O) groups is 2. The standard InChI is InChI=1S/C12H22N2O4/c1-2-5-10(11(16)17)13-12(18)14-7-4-3-6-9(14)8-15/h9-10,15H,2-8H2,1H3,(H,13,18)(H,16,17)/t9?,10-/m0/s1. The molecule has 2 atom stereocenters. The third-order valence-corrected chi connectivity index (χ3v) is 3.27. The summed E-state index contributed by atoms with van der Waals surface area (Å²) in [6.07, 6.45) is 3.77. The van der Waals surface area contributed by atoms with Crippen LogP contribution in [-0.4, -0.2) is 52.3 Å². The van der Waals surface area contributed by atoms with Crippen molar-refractivity contribution >= 4 is 12.0 Å². The van der Waals surface area contributed by atoms with E-state index in [1.165, 1.54) is 0 Å². The van der Waals surface area contributed by atoms with E-state index in [0.29, 0.717) is 19.4 Å². The number of likely N-dealkylation sites (tertiary alicyclic amines) is 1. The maximum absolute atomic E-state index is 12.0. The number of rotatable bonds is 5. The Morgan fingerprint density at radius 3 is 2.72 bits per heavy atom. The van der Waals surface area contributed by atoms with Crippen LogP contribution in [0.5, 0.6) is 0 Å². The molecule has 18 heavy (non-hydrogen) atoms. The lowest BCUT2D eigenvalue weighted by Gasteiger charge is -2.35. The number of carboxylic acid groups (broad SMARTS) is 1. The summed E-state index contributed by atoms with van der Waals surface area (Å²) >= 11 is 0. The van der Waals surface area contributed by atoms with Crippen LogP contribution in [-0.2, 0) is 4.79 Å². The minimum atomic E-state index is -1.01. The molecule has 1 fully saturated rings. The molecule has 1 aliphatic rings. The molecule has 0 aromatic rings. The molecule has 0 aromatic heterocycles. The number of aliphatic carboxylic acids is 1. The second-order valence-corrected chi connectivity index (χ2v) is 4.65. The first-order chi connectivity index (χ1) is 8.60. The molecule has 0 bridgehead atoms. The van der Waals surface area contributed by atoms with Gasteiger partial charge in [-0.1, -0.05) is 13.3 Å². The SMILES string of the molecule is CCC[C@H](NC(=O)N1CCCCC1CO)C(=O)O. The van der Waals surface area contributed by atoms with Crippen molar-refractivity contribution in [1.82, 2.24) is 10.2 Å². The number of nitrogens with zero attached hydrogens (tertiary/aromatic N) is 1. The fraction of sp³-hybridized carbons (Fsp3) is 0.833. The quantitative estimate of drug-likeness (QED) is 0.680. The predicted molar refractivity (Wildman–Crippen MR) is 66.3 cm³/mol. The Balaban J connectivity index is 2.58. The van der Waals surface area contributed by atoms with Crippen LogP contribution in [0.1, 0.15) is 39.0 Å². The number of hydrogen-bond donors (Lipinski definition) is 3. The van der Waals surface area contributed by atoms with Crippen molar-refractivity contribution in [3.8, 4) is 0 Å². The highest BCUT2D eigenvalue weighted by Gasteiger charge is 2.28. The van der Waals surface area contributed by atoms with E-state index >= 15 is 0 Å². The van der Waals surface area contributed by atoms with Gasteiger partial charge in [0, 0.05) is 6.54 Å². The molecule has 1 heterocycles. The topological polar surface area (TPSA) is 89.9 Å². The molecule has 0 spiro atoms. The monoisotopic (exact) mass is 258 g/mol. The molecule has 0 aromatic carbocycles. The summed E-state index contributed by atoms with van der Waals surface area (Å²) in [4.78, 5) is 24.5. The Morgan fingerprint density at radius 2 is 2.17 bits per heavy atom. The van der Waals surface area contributed by atoms with Gasteiger partial charge in [-0.15, -0.1) is 0 Å². The zero-order valence-electron chi connectivity index (χ0n) is 10.8. The van der Waals surface area contributed by atoms with Gasteiger partial charge in [-0.2, -0.15) is 0 Å². The van der Waals surface area contributed by atoms with Crippen molar-refractivity contribution in [2.45, 2.75) is 51.1 Å². The Bertz CT molecular complexity index is 296. The zero-order chi connectivity index (χ0) is 13.5. The molecule has 1 rings (SSSR count). The largest absolute Gasteiger partial charge is 0.480 e. The molecule has 6 nitrogen and oxygen atoms in total. The van der Waals surface area contributed by atoms with Crippen molar-refractivity contribution in [3.05, 3.63) is 0 Å². The second-order valence-electron chi connectivity index (χ2n) is 4.65. The first kappa shape index (κ1) is 14.8. The molecule has 2 amide bonds. The summed E-state index contributed by atoms with van der Waals surface area (Å²) in [5, 5.41) is 20.7. The zero-order valence-corrected chi connectivity index (χ0v) is 10.8. The molecule has 0 radical (unpaired) electrons. The van der Waals surface area contributed by atoms with Crippen LogP contribution >= 0.6 is 0 Å². The van der Waals surface area contributed by atoms with Gasteiger partial charge in [-0.25, -0.2) is 9.59 Å². The molecule has 6 heteroatoms. The van der Waals surface area contributed by atoms with E-state index in [-0.39, 0.29) is 18.7 Å². The van der Waals surface area contributed by atoms with Crippen LogP contribution in [0.4, 0.5) is 4.79 Å². The lowest BCUT2D eigenvalue weighted by atomic mass is 10.0. The lowest BCUT2D eigenvalue weighted by molar-refractivity contribution is -0.139. The van der Waals surface area contributed by atoms with Gasteiger partial charge in [0.05, 0.1) is 12.6 Å². The average molecular weight is 258 g/mol. The van der Waals surface area contributed by atoms with Crippen LogP contribution < -0.4 is 5.32 Å². The molecule has 1 saturated heterocycles. The lowest BCUT2D eigenvalue weighted by Crippen LogP contribution is -2.53. The van der Waals surface area contributed by atoms with Gasteiger partial charge in [0.25, 0.3) is 0 Å². The van der Waals surface area contributed by atoms with Crippen LogP contribution in [0.25, 0.3) is 0 Å². The third-order valence-electron chi connectivity index (χ3n) is 3.27. The van der Waals surface area contributed by atoms with Crippen molar-refractivity contribution < 1.29 is 19.8 Å². The number of aliphatic hydroxyl groups is 1. The highest BCUT2D eigenvalue weighted by Crippen LogP contribution is 2.16. The van der Waals surface area contributed by atoms with Gasteiger partial charge in [0.2, 0.25) is 0 Å². The Morgan fingerprint density at radius 1 is 1.44 bits per heavy atom. The van der Waals surface area contributed by atoms with Gasteiger partial charge in [-0.3, -0.25) is 0 Å². The van der Waals surface area contributed by atoms with Gasteiger partial charge in [0.15, 0.2) is 0 Å². The smallest absolute Gasteiger partial charge is 0.326 e. The summed E-state index contributed by atoms with van der Waals surface area (Å²) in [7, 11) is 0. The number of nitrogens with one attached hydrogen (secondary N) is 1. The molecular weight excluding hydrogens is 236 g/mol. The first-order valence-corrected chi connectivity index (χ1v) is 6.51. The minimum Gasteiger partial charge on any atom is -0.480 e. The van der Waals surface area contributed by atoms with Gasteiger partial charge in [0.1, 0.15) is 6.04 Å². The number of urea groups is 1. The average Bonchev–Trinajstić information content (AvgIpc) is 2.37. The Hall–Kier alpha value is -1.30. The maximum atomic E-state index is 12.0. The summed E-state index contributed by atoms with van der Waals surface area (Å²) in [6, 6.07) is -1.41. The summed E-state index contributed by atoms with van der Waals surface area (Å²) < 4.78 is 0. The molecule has 3 N–H and O–H groups in total. The van der Waals surface area contributed by atoms with E-state index in [1.807, 2.05) is 6.92 Å². The second kappa shape index (κ2) is 7.20. The fourth-order valence-corrected chi connectivity index (χ4v) is 2.24. The first-order valence-electron chi connectivity index (χ1n) is 6.51. The molecular formula is C12H22N2O4. The van der Waals surface area contributed by atoms with E-state index < -0.39 is 12.0 Å². The highest BCUT2D eigenvalue weighted by atomic mass is 16.4.